The maximum Gasteiger partial charge on any atom is 0.0280 e. The summed E-state index contributed by atoms with van der Waals surface area (Å²) in [5.74, 6) is 1.51. The highest BCUT2D eigenvalue weighted by molar-refractivity contribution is 5.05. The maximum absolute atomic E-state index is 3.71. The SMILES string of the molecule is CC/C(C)=C\C(NCC(C)C)C(CC)CC. The first-order valence-electron chi connectivity index (χ1n) is 6.95. The van der Waals surface area contributed by atoms with Gasteiger partial charge in [-0.25, -0.2) is 0 Å². The van der Waals surface area contributed by atoms with Gasteiger partial charge in [-0.05, 0) is 31.7 Å². The zero-order valence-electron chi connectivity index (χ0n) is 12.1. The van der Waals surface area contributed by atoms with Gasteiger partial charge in [-0.3, -0.25) is 0 Å². The van der Waals surface area contributed by atoms with Crippen molar-refractivity contribution in [3.05, 3.63) is 11.6 Å². The fraction of sp³-hybridized carbons (Fsp3) is 0.867. The lowest BCUT2D eigenvalue weighted by atomic mass is 9.92. The van der Waals surface area contributed by atoms with Gasteiger partial charge >= 0.3 is 0 Å². The standard InChI is InChI=1S/C15H31N/c1-7-13(6)10-15(14(8-2)9-3)16-11-12(4)5/h10,12,14-16H,7-9,11H2,1-6H3/b13-10-. The van der Waals surface area contributed by atoms with E-state index in [1.165, 1.54) is 24.8 Å². The summed E-state index contributed by atoms with van der Waals surface area (Å²) in [4.78, 5) is 0. The Morgan fingerprint density at radius 3 is 2.06 bits per heavy atom. The molecule has 0 aromatic heterocycles. The Morgan fingerprint density at radius 1 is 1.12 bits per heavy atom. The smallest absolute Gasteiger partial charge is 0.0280 e. The van der Waals surface area contributed by atoms with Crippen LogP contribution < -0.4 is 5.32 Å². The summed E-state index contributed by atoms with van der Waals surface area (Å²) in [6.07, 6.45) is 6.14. The average molecular weight is 225 g/mol. The molecule has 1 atom stereocenters. The van der Waals surface area contributed by atoms with Crippen LogP contribution in [-0.4, -0.2) is 12.6 Å². The van der Waals surface area contributed by atoms with E-state index in [0.29, 0.717) is 6.04 Å². The molecule has 0 spiro atoms. The lowest BCUT2D eigenvalue weighted by Gasteiger charge is -2.25. The summed E-state index contributed by atoms with van der Waals surface area (Å²) >= 11 is 0. The molecule has 0 radical (unpaired) electrons. The van der Waals surface area contributed by atoms with E-state index in [1.807, 2.05) is 0 Å². The summed E-state index contributed by atoms with van der Waals surface area (Å²) in [6, 6.07) is 0.567. The van der Waals surface area contributed by atoms with Crippen LogP contribution in [-0.2, 0) is 0 Å². The number of hydrogen-bond donors (Lipinski definition) is 1. The Balaban J connectivity index is 4.48. The van der Waals surface area contributed by atoms with Crippen LogP contribution in [0.4, 0.5) is 0 Å². The van der Waals surface area contributed by atoms with Crippen LogP contribution in [0.15, 0.2) is 11.6 Å². The second-order valence-corrected chi connectivity index (χ2v) is 5.27. The monoisotopic (exact) mass is 225 g/mol. The van der Waals surface area contributed by atoms with Crippen LogP contribution in [0.25, 0.3) is 0 Å². The minimum atomic E-state index is 0.567. The molecule has 1 unspecified atom stereocenters. The predicted molar refractivity (Wildman–Crippen MR) is 74.7 cm³/mol. The molecule has 1 nitrogen and oxygen atoms in total. The fourth-order valence-corrected chi connectivity index (χ4v) is 1.95. The molecule has 0 aliphatic heterocycles. The molecule has 0 aromatic rings. The number of nitrogens with one attached hydrogen (secondary N) is 1. The Bertz CT molecular complexity index is 190. The van der Waals surface area contributed by atoms with E-state index in [9.17, 15) is 0 Å². The molecule has 0 aromatic carbocycles. The van der Waals surface area contributed by atoms with Crippen LogP contribution >= 0.6 is 0 Å². The van der Waals surface area contributed by atoms with Gasteiger partial charge in [0.05, 0.1) is 0 Å². The van der Waals surface area contributed by atoms with Gasteiger partial charge in [-0.15, -0.1) is 0 Å². The van der Waals surface area contributed by atoms with Crippen molar-refractivity contribution in [1.29, 1.82) is 0 Å². The highest BCUT2D eigenvalue weighted by Gasteiger charge is 2.15. The highest BCUT2D eigenvalue weighted by Crippen LogP contribution is 2.16. The second-order valence-electron chi connectivity index (χ2n) is 5.27. The zero-order valence-corrected chi connectivity index (χ0v) is 12.1. The molecule has 0 fully saturated rings. The van der Waals surface area contributed by atoms with E-state index in [1.54, 1.807) is 0 Å². The van der Waals surface area contributed by atoms with Crippen LogP contribution in [0, 0.1) is 11.8 Å². The predicted octanol–water partition coefficient (Wildman–Crippen LogP) is 4.39. The third-order valence-corrected chi connectivity index (χ3v) is 3.34. The van der Waals surface area contributed by atoms with Gasteiger partial charge in [0.15, 0.2) is 0 Å². The van der Waals surface area contributed by atoms with Crippen molar-refractivity contribution in [1.82, 2.24) is 5.32 Å². The van der Waals surface area contributed by atoms with E-state index >= 15 is 0 Å². The summed E-state index contributed by atoms with van der Waals surface area (Å²) in [5.41, 5.74) is 1.51. The third kappa shape index (κ3) is 6.32. The molecule has 0 rings (SSSR count). The van der Waals surface area contributed by atoms with Crippen molar-refractivity contribution in [2.24, 2.45) is 11.8 Å². The summed E-state index contributed by atoms with van der Waals surface area (Å²) in [5, 5.41) is 3.71. The first-order valence-corrected chi connectivity index (χ1v) is 6.95. The minimum absolute atomic E-state index is 0.567. The van der Waals surface area contributed by atoms with Crippen LogP contribution in [0.3, 0.4) is 0 Å². The lowest BCUT2D eigenvalue weighted by Crippen LogP contribution is -2.36. The summed E-state index contributed by atoms with van der Waals surface area (Å²) in [7, 11) is 0. The Kier molecular flexibility index (Phi) is 8.64. The van der Waals surface area contributed by atoms with Crippen molar-refractivity contribution >= 4 is 0 Å². The van der Waals surface area contributed by atoms with Crippen molar-refractivity contribution in [3.8, 4) is 0 Å². The summed E-state index contributed by atoms with van der Waals surface area (Å²) in [6.45, 7) is 14.7. The largest absolute Gasteiger partial charge is 0.310 e. The van der Waals surface area contributed by atoms with Gasteiger partial charge in [-0.1, -0.05) is 59.1 Å². The molecule has 0 heterocycles. The normalized spacial score (nSPS) is 14.9. The first kappa shape index (κ1) is 15.7. The molecule has 0 saturated heterocycles. The van der Waals surface area contributed by atoms with Crippen LogP contribution in [0.1, 0.15) is 60.8 Å². The van der Waals surface area contributed by atoms with Crippen molar-refractivity contribution in [2.75, 3.05) is 6.54 Å². The van der Waals surface area contributed by atoms with Crippen LogP contribution in [0.5, 0.6) is 0 Å². The van der Waals surface area contributed by atoms with Crippen molar-refractivity contribution < 1.29 is 0 Å². The van der Waals surface area contributed by atoms with Gasteiger partial charge in [0.2, 0.25) is 0 Å². The van der Waals surface area contributed by atoms with E-state index < -0.39 is 0 Å². The molecular weight excluding hydrogens is 194 g/mol. The number of allylic oxidation sites excluding steroid dienone is 1. The van der Waals surface area contributed by atoms with E-state index in [0.717, 1.165) is 18.4 Å². The molecule has 0 saturated carbocycles. The molecular formula is C15H31N. The molecule has 1 heteroatoms. The van der Waals surface area contributed by atoms with Gasteiger partial charge in [-0.2, -0.15) is 0 Å². The molecule has 0 aliphatic carbocycles. The third-order valence-electron chi connectivity index (χ3n) is 3.34. The van der Waals surface area contributed by atoms with Gasteiger partial charge < -0.3 is 5.32 Å². The maximum atomic E-state index is 3.71. The Morgan fingerprint density at radius 2 is 1.69 bits per heavy atom. The zero-order chi connectivity index (χ0) is 12.6. The van der Waals surface area contributed by atoms with Gasteiger partial charge in [0, 0.05) is 6.04 Å². The Hall–Kier alpha value is -0.300. The van der Waals surface area contributed by atoms with E-state index in [2.05, 4.69) is 52.9 Å². The van der Waals surface area contributed by atoms with Crippen LogP contribution in [0.2, 0.25) is 0 Å². The summed E-state index contributed by atoms with van der Waals surface area (Å²) < 4.78 is 0. The highest BCUT2D eigenvalue weighted by atomic mass is 14.9. The van der Waals surface area contributed by atoms with Gasteiger partial charge in [0.1, 0.15) is 0 Å². The first-order chi connectivity index (χ1) is 7.54. The lowest BCUT2D eigenvalue weighted by molar-refractivity contribution is 0.366. The fourth-order valence-electron chi connectivity index (χ4n) is 1.95. The van der Waals surface area contributed by atoms with E-state index in [4.69, 9.17) is 0 Å². The average Bonchev–Trinajstić information content (AvgIpc) is 2.26. The molecule has 1 N–H and O–H groups in total. The molecule has 0 amide bonds. The Labute approximate surface area is 103 Å². The minimum Gasteiger partial charge on any atom is -0.310 e. The molecule has 0 aliphatic rings. The second kappa shape index (κ2) is 8.81. The van der Waals surface area contributed by atoms with Crippen molar-refractivity contribution in [3.63, 3.8) is 0 Å². The van der Waals surface area contributed by atoms with Crippen molar-refractivity contribution in [2.45, 2.75) is 66.8 Å². The molecule has 0 bridgehead atoms. The number of hydrogen-bond acceptors (Lipinski definition) is 1. The number of rotatable bonds is 8. The van der Waals surface area contributed by atoms with Gasteiger partial charge in [0.25, 0.3) is 0 Å². The molecule has 16 heavy (non-hydrogen) atoms. The topological polar surface area (TPSA) is 12.0 Å². The molecule has 96 valence electrons. The quantitative estimate of drug-likeness (QED) is 0.604. The van der Waals surface area contributed by atoms with E-state index in [-0.39, 0.29) is 0 Å².